The smallest absolute Gasteiger partial charge is 0.319 e. The van der Waals surface area contributed by atoms with E-state index < -0.39 is 23.8 Å². The van der Waals surface area contributed by atoms with Crippen LogP contribution in [0.4, 0.5) is 4.79 Å². The van der Waals surface area contributed by atoms with Gasteiger partial charge in [0.2, 0.25) is 18.4 Å². The Kier molecular flexibility index (Phi) is 9.99. The van der Waals surface area contributed by atoms with E-state index in [1.54, 1.807) is 24.0 Å². The van der Waals surface area contributed by atoms with Gasteiger partial charge in [-0.05, 0) is 37.0 Å². The summed E-state index contributed by atoms with van der Waals surface area (Å²) in [7, 11) is 3.32. The SMILES string of the molecule is CCCCN(CCCC)C(=O)CN1C[C@H](c2cc(OC)c3c(c2)OCO3)[C@@H](C(=O)O)[C@@H]1CCN1CCN(C)C1=O. The molecule has 4 rings (SSSR count). The zero-order valence-corrected chi connectivity index (χ0v) is 24.3. The monoisotopic (exact) mass is 560 g/mol. The van der Waals surface area contributed by atoms with Crippen molar-refractivity contribution in [2.24, 2.45) is 5.92 Å². The molecule has 11 nitrogen and oxygen atoms in total. The lowest BCUT2D eigenvalue weighted by molar-refractivity contribution is -0.144. The van der Waals surface area contributed by atoms with Crippen LogP contribution >= 0.6 is 0 Å². The van der Waals surface area contributed by atoms with E-state index in [0.717, 1.165) is 31.2 Å². The summed E-state index contributed by atoms with van der Waals surface area (Å²) in [4.78, 5) is 46.4. The fourth-order valence-corrected chi connectivity index (χ4v) is 6.09. The molecule has 0 spiro atoms. The van der Waals surface area contributed by atoms with Gasteiger partial charge in [0.1, 0.15) is 0 Å². The molecular weight excluding hydrogens is 516 g/mol. The van der Waals surface area contributed by atoms with Gasteiger partial charge in [-0.25, -0.2) is 4.79 Å². The summed E-state index contributed by atoms with van der Waals surface area (Å²) in [5.74, 6) is -0.517. The van der Waals surface area contributed by atoms with Crippen LogP contribution in [0.3, 0.4) is 0 Å². The van der Waals surface area contributed by atoms with Crippen molar-refractivity contribution >= 4 is 17.9 Å². The Labute approximate surface area is 236 Å². The third kappa shape index (κ3) is 6.40. The number of unbranched alkanes of at least 4 members (excludes halogenated alkanes) is 2. The number of rotatable bonds is 14. The van der Waals surface area contributed by atoms with Crippen molar-refractivity contribution in [3.8, 4) is 17.2 Å². The van der Waals surface area contributed by atoms with Crippen LogP contribution in [0.2, 0.25) is 0 Å². The minimum atomic E-state index is -0.916. The topological polar surface area (TPSA) is 112 Å². The average Bonchev–Trinajstić information content (AvgIpc) is 3.64. The van der Waals surface area contributed by atoms with Crippen LogP contribution in [0.25, 0.3) is 0 Å². The van der Waals surface area contributed by atoms with Gasteiger partial charge < -0.3 is 34.0 Å². The van der Waals surface area contributed by atoms with Crippen LogP contribution in [0, 0.1) is 5.92 Å². The zero-order valence-electron chi connectivity index (χ0n) is 24.3. The highest BCUT2D eigenvalue weighted by Gasteiger charge is 2.48. The van der Waals surface area contributed by atoms with Crippen molar-refractivity contribution in [2.45, 2.75) is 57.9 Å². The van der Waals surface area contributed by atoms with E-state index in [-0.39, 0.29) is 25.3 Å². The number of benzene rings is 1. The van der Waals surface area contributed by atoms with Gasteiger partial charge in [0.15, 0.2) is 11.5 Å². The number of amides is 3. The second-order valence-electron chi connectivity index (χ2n) is 11.0. The molecule has 3 amide bonds. The second kappa shape index (κ2) is 13.4. The lowest BCUT2D eigenvalue weighted by Gasteiger charge is -2.30. The van der Waals surface area contributed by atoms with Crippen LogP contribution in [0.1, 0.15) is 57.4 Å². The highest BCUT2D eigenvalue weighted by molar-refractivity contribution is 5.79. The highest BCUT2D eigenvalue weighted by atomic mass is 16.7. The molecule has 0 aromatic heterocycles. The number of methoxy groups -OCH3 is 1. The average molecular weight is 561 g/mol. The summed E-state index contributed by atoms with van der Waals surface area (Å²) in [6.45, 7) is 7.95. The molecule has 3 aliphatic rings. The van der Waals surface area contributed by atoms with Crippen LogP contribution in [-0.2, 0) is 9.59 Å². The minimum Gasteiger partial charge on any atom is -0.493 e. The number of carbonyl (C=O) groups excluding carboxylic acids is 2. The molecule has 2 fully saturated rings. The molecule has 222 valence electrons. The Morgan fingerprint density at radius 2 is 1.85 bits per heavy atom. The van der Waals surface area contributed by atoms with Crippen molar-refractivity contribution in [2.75, 3.05) is 66.8 Å². The summed E-state index contributed by atoms with van der Waals surface area (Å²) in [5, 5.41) is 10.5. The summed E-state index contributed by atoms with van der Waals surface area (Å²) in [5.41, 5.74) is 0.777. The maximum absolute atomic E-state index is 13.6. The van der Waals surface area contributed by atoms with Gasteiger partial charge in [-0.1, -0.05) is 26.7 Å². The van der Waals surface area contributed by atoms with Crippen molar-refractivity contribution in [1.82, 2.24) is 19.6 Å². The van der Waals surface area contributed by atoms with Gasteiger partial charge in [0.25, 0.3) is 0 Å². The first-order valence-electron chi connectivity index (χ1n) is 14.5. The maximum atomic E-state index is 13.6. The molecular formula is C29H44N4O7. The highest BCUT2D eigenvalue weighted by Crippen LogP contribution is 2.47. The van der Waals surface area contributed by atoms with Crippen LogP contribution in [0.15, 0.2) is 12.1 Å². The second-order valence-corrected chi connectivity index (χ2v) is 11.0. The number of urea groups is 1. The van der Waals surface area contributed by atoms with Gasteiger partial charge in [0.05, 0.1) is 19.6 Å². The number of aliphatic carboxylic acids is 1. The van der Waals surface area contributed by atoms with Crippen molar-refractivity contribution in [1.29, 1.82) is 0 Å². The first-order chi connectivity index (χ1) is 19.3. The molecule has 3 atom stereocenters. The maximum Gasteiger partial charge on any atom is 0.319 e. The standard InChI is InChI=1S/C29H44N4O7/c1-5-7-10-31(11-8-6-2)25(34)18-33-17-21(20-15-23(38-4)27-24(16-20)39-19-40-27)26(28(35)36)22(33)9-12-32-14-13-30(3)29(32)37/h15-16,21-22,26H,5-14,17-19H2,1-4H3,(H,35,36)/t21-,22+,26-/m1/s1. The normalized spacial score (nSPS) is 22.3. The molecule has 3 heterocycles. The first kappa shape index (κ1) is 29.8. The molecule has 3 aliphatic heterocycles. The number of hydrogen-bond donors (Lipinski definition) is 1. The minimum absolute atomic E-state index is 0.0249. The van der Waals surface area contributed by atoms with Crippen LogP contribution < -0.4 is 14.2 Å². The number of carboxylic acids is 1. The number of fused-ring (bicyclic) bond motifs is 1. The molecule has 0 saturated carbocycles. The quantitative estimate of drug-likeness (QED) is 0.370. The summed E-state index contributed by atoms with van der Waals surface area (Å²) >= 11 is 0. The lowest BCUT2D eigenvalue weighted by Crippen LogP contribution is -2.46. The number of carboxylic acid groups (broad SMARTS) is 1. The number of likely N-dealkylation sites (tertiary alicyclic amines) is 1. The first-order valence-corrected chi connectivity index (χ1v) is 14.5. The van der Waals surface area contributed by atoms with Crippen LogP contribution in [-0.4, -0.2) is 115 Å². The van der Waals surface area contributed by atoms with Crippen molar-refractivity contribution in [3.63, 3.8) is 0 Å². The summed E-state index contributed by atoms with van der Waals surface area (Å²) in [6.07, 6.45) is 4.32. The van der Waals surface area contributed by atoms with E-state index in [2.05, 4.69) is 13.8 Å². The Bertz CT molecular complexity index is 1060. The number of ether oxygens (including phenoxy) is 3. The van der Waals surface area contributed by atoms with Crippen molar-refractivity contribution < 1.29 is 33.7 Å². The summed E-state index contributed by atoms with van der Waals surface area (Å²) < 4.78 is 16.7. The van der Waals surface area contributed by atoms with E-state index >= 15 is 0 Å². The van der Waals surface area contributed by atoms with Gasteiger partial charge >= 0.3 is 12.0 Å². The molecule has 1 aromatic rings. The predicted octanol–water partition coefficient (Wildman–Crippen LogP) is 3.08. The lowest BCUT2D eigenvalue weighted by atomic mass is 9.84. The Hall–Kier alpha value is -3.21. The molecule has 2 saturated heterocycles. The van der Waals surface area contributed by atoms with Gasteiger partial charge in [-0.2, -0.15) is 0 Å². The predicted molar refractivity (Wildman–Crippen MR) is 149 cm³/mol. The Balaban J connectivity index is 1.62. The van der Waals surface area contributed by atoms with Crippen molar-refractivity contribution in [3.05, 3.63) is 17.7 Å². The molecule has 11 heteroatoms. The van der Waals surface area contributed by atoms with E-state index in [1.165, 1.54) is 0 Å². The number of hydrogen-bond acceptors (Lipinski definition) is 7. The third-order valence-corrected chi connectivity index (χ3v) is 8.39. The number of nitrogens with zero attached hydrogens (tertiary/aromatic N) is 4. The number of carbonyl (C=O) groups is 3. The van der Waals surface area contributed by atoms with Gasteiger partial charge in [-0.3, -0.25) is 14.5 Å². The molecule has 1 aromatic carbocycles. The molecule has 0 unspecified atom stereocenters. The molecule has 1 N–H and O–H groups in total. The van der Waals surface area contributed by atoms with E-state index in [1.807, 2.05) is 21.9 Å². The Morgan fingerprint density at radius 1 is 1.12 bits per heavy atom. The van der Waals surface area contributed by atoms with Gasteiger partial charge in [0, 0.05) is 58.3 Å². The largest absolute Gasteiger partial charge is 0.493 e. The van der Waals surface area contributed by atoms with Crippen LogP contribution in [0.5, 0.6) is 17.2 Å². The fourth-order valence-electron chi connectivity index (χ4n) is 6.09. The third-order valence-electron chi connectivity index (χ3n) is 8.39. The molecule has 0 radical (unpaired) electrons. The van der Waals surface area contributed by atoms with E-state index in [4.69, 9.17) is 14.2 Å². The van der Waals surface area contributed by atoms with E-state index in [9.17, 15) is 19.5 Å². The number of likely N-dealkylation sites (N-methyl/N-ethyl adjacent to an activating group) is 1. The van der Waals surface area contributed by atoms with E-state index in [0.29, 0.717) is 62.9 Å². The molecule has 0 bridgehead atoms. The summed E-state index contributed by atoms with van der Waals surface area (Å²) in [6, 6.07) is 3.20. The fraction of sp³-hybridized carbons (Fsp3) is 0.690. The Morgan fingerprint density at radius 3 is 2.45 bits per heavy atom. The molecule has 0 aliphatic carbocycles. The molecule has 40 heavy (non-hydrogen) atoms. The zero-order chi connectivity index (χ0) is 28.8. The van der Waals surface area contributed by atoms with Gasteiger partial charge in [-0.15, -0.1) is 0 Å².